The molecule has 1 aromatic rings. The predicted molar refractivity (Wildman–Crippen MR) is 93.8 cm³/mol. The smallest absolute Gasteiger partial charge is 0.253 e. The third-order valence-corrected chi connectivity index (χ3v) is 4.25. The molecule has 132 valence electrons. The van der Waals surface area contributed by atoms with Crippen LogP contribution in [0, 0.1) is 5.92 Å². The second-order valence-electron chi connectivity index (χ2n) is 6.50. The second-order valence-corrected chi connectivity index (χ2v) is 6.50. The van der Waals surface area contributed by atoms with Crippen LogP contribution < -0.4 is 5.32 Å². The molecule has 0 spiro atoms. The average molecular weight is 332 g/mol. The van der Waals surface area contributed by atoms with E-state index in [0.29, 0.717) is 31.8 Å². The number of piperidine rings is 1. The summed E-state index contributed by atoms with van der Waals surface area (Å²) in [5.41, 5.74) is 0.713. The number of hydrogen-bond acceptors (Lipinski definition) is 3. The summed E-state index contributed by atoms with van der Waals surface area (Å²) < 4.78 is 5.46. The second kappa shape index (κ2) is 9.42. The SMILES string of the molecule is CC(C)OCCCNC(=O)C1CCN(C(=O)c2ccccc2)CC1. The summed E-state index contributed by atoms with van der Waals surface area (Å²) in [4.78, 5) is 26.4. The third kappa shape index (κ3) is 5.64. The molecule has 0 atom stereocenters. The lowest BCUT2D eigenvalue weighted by atomic mass is 9.95. The van der Waals surface area contributed by atoms with Crippen LogP contribution in [0.3, 0.4) is 0 Å². The van der Waals surface area contributed by atoms with Gasteiger partial charge < -0.3 is 15.0 Å². The molecular formula is C19H28N2O3. The molecule has 0 saturated carbocycles. The first kappa shape index (κ1) is 18.5. The summed E-state index contributed by atoms with van der Waals surface area (Å²) in [6, 6.07) is 9.31. The van der Waals surface area contributed by atoms with Crippen LogP contribution in [-0.2, 0) is 9.53 Å². The molecule has 0 radical (unpaired) electrons. The van der Waals surface area contributed by atoms with Gasteiger partial charge in [0.05, 0.1) is 6.10 Å². The molecule has 5 heteroatoms. The Kier molecular flexibility index (Phi) is 7.25. The number of likely N-dealkylation sites (tertiary alicyclic amines) is 1. The van der Waals surface area contributed by atoms with Crippen molar-refractivity contribution in [3.63, 3.8) is 0 Å². The lowest BCUT2D eigenvalue weighted by Crippen LogP contribution is -2.43. The van der Waals surface area contributed by atoms with Crippen LogP contribution in [0.5, 0.6) is 0 Å². The maximum atomic E-state index is 12.4. The molecule has 24 heavy (non-hydrogen) atoms. The fourth-order valence-corrected chi connectivity index (χ4v) is 2.86. The molecule has 0 bridgehead atoms. The van der Waals surface area contributed by atoms with Gasteiger partial charge in [0.25, 0.3) is 5.91 Å². The van der Waals surface area contributed by atoms with E-state index in [1.165, 1.54) is 0 Å². The number of nitrogens with one attached hydrogen (secondary N) is 1. The van der Waals surface area contributed by atoms with Gasteiger partial charge in [-0.25, -0.2) is 0 Å². The highest BCUT2D eigenvalue weighted by Gasteiger charge is 2.27. The van der Waals surface area contributed by atoms with Gasteiger partial charge >= 0.3 is 0 Å². The molecule has 5 nitrogen and oxygen atoms in total. The first-order valence-electron chi connectivity index (χ1n) is 8.81. The zero-order valence-electron chi connectivity index (χ0n) is 14.7. The number of ether oxygens (including phenoxy) is 1. The molecule has 0 unspecified atom stereocenters. The van der Waals surface area contributed by atoms with Gasteiger partial charge in [0.15, 0.2) is 0 Å². The number of rotatable bonds is 7. The molecule has 0 aliphatic carbocycles. The monoisotopic (exact) mass is 332 g/mol. The molecule has 1 saturated heterocycles. The Bertz CT molecular complexity index is 523. The van der Waals surface area contributed by atoms with Crippen molar-refractivity contribution < 1.29 is 14.3 Å². The highest BCUT2D eigenvalue weighted by molar-refractivity contribution is 5.94. The quantitative estimate of drug-likeness (QED) is 0.780. The molecule has 1 fully saturated rings. The Morgan fingerprint density at radius 1 is 1.21 bits per heavy atom. The van der Waals surface area contributed by atoms with Crippen molar-refractivity contribution in [3.05, 3.63) is 35.9 Å². The van der Waals surface area contributed by atoms with Crippen LogP contribution >= 0.6 is 0 Å². The molecule has 0 aromatic heterocycles. The fourth-order valence-electron chi connectivity index (χ4n) is 2.86. The molecule has 1 heterocycles. The van der Waals surface area contributed by atoms with E-state index in [1.54, 1.807) is 0 Å². The number of nitrogens with zero attached hydrogens (tertiary/aromatic N) is 1. The van der Waals surface area contributed by atoms with Crippen molar-refractivity contribution in [3.8, 4) is 0 Å². The molecule has 1 aliphatic rings. The maximum absolute atomic E-state index is 12.4. The van der Waals surface area contributed by atoms with Gasteiger partial charge in [0.1, 0.15) is 0 Å². The normalized spacial score (nSPS) is 15.5. The summed E-state index contributed by atoms with van der Waals surface area (Å²) in [6.45, 7) is 6.60. The Morgan fingerprint density at radius 2 is 1.88 bits per heavy atom. The number of hydrogen-bond donors (Lipinski definition) is 1. The Hall–Kier alpha value is -1.88. The lowest BCUT2D eigenvalue weighted by Gasteiger charge is -2.31. The number of carbonyl (C=O) groups is 2. The minimum atomic E-state index is 0.0100. The van der Waals surface area contributed by atoms with Crippen molar-refractivity contribution in [2.24, 2.45) is 5.92 Å². The Balaban J connectivity index is 1.68. The molecule has 1 N–H and O–H groups in total. The molecule has 2 amide bonds. The van der Waals surface area contributed by atoms with Crippen molar-refractivity contribution in [2.45, 2.75) is 39.2 Å². The zero-order valence-corrected chi connectivity index (χ0v) is 14.7. The average Bonchev–Trinajstić information content (AvgIpc) is 2.61. The first-order valence-corrected chi connectivity index (χ1v) is 8.81. The van der Waals surface area contributed by atoms with E-state index in [9.17, 15) is 9.59 Å². The largest absolute Gasteiger partial charge is 0.379 e. The Morgan fingerprint density at radius 3 is 2.50 bits per heavy atom. The summed E-state index contributed by atoms with van der Waals surface area (Å²) in [5.74, 6) is 0.169. The highest BCUT2D eigenvalue weighted by atomic mass is 16.5. The van der Waals surface area contributed by atoms with E-state index < -0.39 is 0 Å². The predicted octanol–water partition coefficient (Wildman–Crippen LogP) is 2.47. The summed E-state index contributed by atoms with van der Waals surface area (Å²) in [5, 5.41) is 2.98. The zero-order chi connectivity index (χ0) is 17.4. The van der Waals surface area contributed by atoms with Gasteiger partial charge in [-0.2, -0.15) is 0 Å². The number of amides is 2. The van der Waals surface area contributed by atoms with E-state index in [-0.39, 0.29) is 23.8 Å². The number of carbonyl (C=O) groups excluding carboxylic acids is 2. The van der Waals surface area contributed by atoms with E-state index in [4.69, 9.17) is 4.74 Å². The van der Waals surface area contributed by atoms with Gasteiger partial charge in [0, 0.05) is 37.7 Å². The topological polar surface area (TPSA) is 58.6 Å². The summed E-state index contributed by atoms with van der Waals surface area (Å²) in [7, 11) is 0. The molecule has 1 aliphatic heterocycles. The van der Waals surface area contributed by atoms with Crippen LogP contribution in [0.15, 0.2) is 30.3 Å². The third-order valence-electron chi connectivity index (χ3n) is 4.25. The van der Waals surface area contributed by atoms with Crippen LogP contribution in [0.2, 0.25) is 0 Å². The van der Waals surface area contributed by atoms with Crippen LogP contribution in [-0.4, -0.2) is 49.1 Å². The lowest BCUT2D eigenvalue weighted by molar-refractivity contribution is -0.126. The van der Waals surface area contributed by atoms with Crippen LogP contribution in [0.4, 0.5) is 0 Å². The molecular weight excluding hydrogens is 304 g/mol. The fraction of sp³-hybridized carbons (Fsp3) is 0.579. The minimum Gasteiger partial charge on any atom is -0.379 e. The minimum absolute atomic E-state index is 0.0100. The van der Waals surface area contributed by atoms with Gasteiger partial charge in [-0.1, -0.05) is 18.2 Å². The van der Waals surface area contributed by atoms with E-state index in [0.717, 1.165) is 19.3 Å². The van der Waals surface area contributed by atoms with E-state index in [2.05, 4.69) is 5.32 Å². The van der Waals surface area contributed by atoms with Crippen molar-refractivity contribution in [2.75, 3.05) is 26.2 Å². The Labute approximate surface area is 144 Å². The first-order chi connectivity index (χ1) is 11.6. The highest BCUT2D eigenvalue weighted by Crippen LogP contribution is 2.19. The van der Waals surface area contributed by atoms with Crippen LogP contribution in [0.1, 0.15) is 43.5 Å². The summed E-state index contributed by atoms with van der Waals surface area (Å²) in [6.07, 6.45) is 2.52. The summed E-state index contributed by atoms with van der Waals surface area (Å²) >= 11 is 0. The van der Waals surface area contributed by atoms with Gasteiger partial charge in [-0.05, 0) is 45.2 Å². The van der Waals surface area contributed by atoms with Gasteiger partial charge in [-0.15, -0.1) is 0 Å². The molecule has 2 rings (SSSR count). The van der Waals surface area contributed by atoms with Crippen LogP contribution in [0.25, 0.3) is 0 Å². The standard InChI is InChI=1S/C19H28N2O3/c1-15(2)24-14-6-11-20-18(22)16-9-12-21(13-10-16)19(23)17-7-4-3-5-8-17/h3-5,7-8,15-16H,6,9-14H2,1-2H3,(H,20,22). The van der Waals surface area contributed by atoms with E-state index >= 15 is 0 Å². The van der Waals surface area contributed by atoms with Crippen molar-refractivity contribution >= 4 is 11.8 Å². The van der Waals surface area contributed by atoms with Crippen molar-refractivity contribution in [1.82, 2.24) is 10.2 Å². The van der Waals surface area contributed by atoms with Gasteiger partial charge in [-0.3, -0.25) is 9.59 Å². The maximum Gasteiger partial charge on any atom is 0.253 e. The number of benzene rings is 1. The van der Waals surface area contributed by atoms with E-state index in [1.807, 2.05) is 49.1 Å². The van der Waals surface area contributed by atoms with Crippen molar-refractivity contribution in [1.29, 1.82) is 0 Å². The van der Waals surface area contributed by atoms with Gasteiger partial charge in [0.2, 0.25) is 5.91 Å². The molecule has 1 aromatic carbocycles.